The van der Waals surface area contributed by atoms with Gasteiger partial charge in [-0.25, -0.2) is 5.01 Å². The summed E-state index contributed by atoms with van der Waals surface area (Å²) in [6.45, 7) is 8.39. The molecule has 1 aromatic carbocycles. The SMILES string of the molecule is CCN(CC(C)C#N)C(=O)C1=NN(c2cc(C)ccc2C)C(=O)CC1. The molecule has 6 heteroatoms. The smallest absolute Gasteiger partial charge is 0.270 e. The number of hydrazone groups is 1. The Labute approximate surface area is 148 Å². The Kier molecular flexibility index (Phi) is 5.92. The number of carbonyl (C=O) groups is 2. The number of hydrogen-bond acceptors (Lipinski definition) is 4. The summed E-state index contributed by atoms with van der Waals surface area (Å²) in [4.78, 5) is 26.7. The summed E-state index contributed by atoms with van der Waals surface area (Å²) in [6.07, 6.45) is 0.583. The standard InChI is InChI=1S/C19H24N4O2/c1-5-22(12-14(3)11-20)19(25)16-8-9-18(24)23(21-16)17-10-13(2)6-7-15(17)4/h6-7,10,14H,5,8-9,12H2,1-4H3. The molecule has 0 aliphatic carbocycles. The zero-order chi connectivity index (χ0) is 18.6. The molecule has 0 saturated heterocycles. The maximum absolute atomic E-state index is 12.8. The summed E-state index contributed by atoms with van der Waals surface area (Å²) in [5.41, 5.74) is 3.04. The van der Waals surface area contributed by atoms with E-state index in [1.54, 1.807) is 11.8 Å². The van der Waals surface area contributed by atoms with E-state index < -0.39 is 0 Å². The van der Waals surface area contributed by atoms with Crippen LogP contribution in [0.25, 0.3) is 0 Å². The largest absolute Gasteiger partial charge is 0.337 e. The second-order valence-electron chi connectivity index (χ2n) is 6.42. The van der Waals surface area contributed by atoms with Crippen LogP contribution in [0, 0.1) is 31.1 Å². The van der Waals surface area contributed by atoms with Crippen LogP contribution in [0.4, 0.5) is 5.69 Å². The molecule has 1 unspecified atom stereocenters. The van der Waals surface area contributed by atoms with Crippen molar-refractivity contribution >= 4 is 23.2 Å². The molecule has 2 amide bonds. The van der Waals surface area contributed by atoms with Gasteiger partial charge in [0, 0.05) is 25.9 Å². The zero-order valence-corrected chi connectivity index (χ0v) is 15.2. The molecule has 0 bridgehead atoms. The quantitative estimate of drug-likeness (QED) is 0.827. The lowest BCUT2D eigenvalue weighted by Gasteiger charge is -2.28. The molecule has 0 radical (unpaired) electrons. The highest BCUT2D eigenvalue weighted by atomic mass is 16.2. The van der Waals surface area contributed by atoms with Crippen molar-refractivity contribution in [3.8, 4) is 6.07 Å². The Morgan fingerprint density at radius 3 is 2.76 bits per heavy atom. The minimum Gasteiger partial charge on any atom is -0.337 e. The van der Waals surface area contributed by atoms with Crippen molar-refractivity contribution < 1.29 is 9.59 Å². The number of benzene rings is 1. The molecule has 0 spiro atoms. The third-order valence-corrected chi connectivity index (χ3v) is 4.26. The Balaban J connectivity index is 2.32. The number of anilines is 1. The summed E-state index contributed by atoms with van der Waals surface area (Å²) < 4.78 is 0. The Bertz CT molecular complexity index is 748. The minimum absolute atomic E-state index is 0.112. The predicted molar refractivity (Wildman–Crippen MR) is 97.1 cm³/mol. The van der Waals surface area contributed by atoms with Crippen LogP contribution in [0.15, 0.2) is 23.3 Å². The van der Waals surface area contributed by atoms with Gasteiger partial charge in [-0.2, -0.15) is 10.4 Å². The average molecular weight is 340 g/mol. The molecule has 1 aromatic rings. The first kappa shape index (κ1) is 18.7. The van der Waals surface area contributed by atoms with Crippen LogP contribution in [0.5, 0.6) is 0 Å². The molecule has 25 heavy (non-hydrogen) atoms. The number of aryl methyl sites for hydroxylation is 2. The molecule has 132 valence electrons. The Morgan fingerprint density at radius 2 is 2.12 bits per heavy atom. The van der Waals surface area contributed by atoms with Crippen molar-refractivity contribution in [3.63, 3.8) is 0 Å². The maximum Gasteiger partial charge on any atom is 0.270 e. The average Bonchev–Trinajstić information content (AvgIpc) is 2.61. The molecule has 0 aromatic heterocycles. The highest BCUT2D eigenvalue weighted by Crippen LogP contribution is 2.25. The summed E-state index contributed by atoms with van der Waals surface area (Å²) in [6, 6.07) is 7.97. The van der Waals surface area contributed by atoms with E-state index in [1.807, 2.05) is 39.0 Å². The van der Waals surface area contributed by atoms with Gasteiger partial charge < -0.3 is 4.90 Å². The molecule has 0 N–H and O–H groups in total. The topological polar surface area (TPSA) is 76.8 Å². The summed E-state index contributed by atoms with van der Waals surface area (Å²) >= 11 is 0. The van der Waals surface area contributed by atoms with Crippen LogP contribution in [0.3, 0.4) is 0 Å². The number of rotatable bonds is 5. The van der Waals surface area contributed by atoms with Gasteiger partial charge in [0.05, 0.1) is 17.7 Å². The number of nitrogens with zero attached hydrogens (tertiary/aromatic N) is 4. The van der Waals surface area contributed by atoms with Gasteiger partial charge in [-0.15, -0.1) is 0 Å². The molecule has 1 atom stereocenters. The zero-order valence-electron chi connectivity index (χ0n) is 15.2. The lowest BCUT2D eigenvalue weighted by molar-refractivity contribution is -0.124. The predicted octanol–water partition coefficient (Wildman–Crippen LogP) is 2.79. The Hall–Kier alpha value is -2.68. The Morgan fingerprint density at radius 1 is 1.40 bits per heavy atom. The van der Waals surface area contributed by atoms with Crippen molar-refractivity contribution in [2.75, 3.05) is 18.1 Å². The molecule has 0 fully saturated rings. The molecule has 1 aliphatic heterocycles. The molecule has 6 nitrogen and oxygen atoms in total. The fourth-order valence-corrected chi connectivity index (χ4v) is 2.75. The van der Waals surface area contributed by atoms with Gasteiger partial charge in [-0.3, -0.25) is 9.59 Å². The van der Waals surface area contributed by atoms with Gasteiger partial charge in [0.25, 0.3) is 5.91 Å². The first-order chi connectivity index (χ1) is 11.9. The van der Waals surface area contributed by atoms with Gasteiger partial charge in [-0.05, 0) is 44.9 Å². The molecule has 1 aliphatic rings. The van der Waals surface area contributed by atoms with E-state index in [4.69, 9.17) is 5.26 Å². The maximum atomic E-state index is 12.8. The molecule has 0 saturated carbocycles. The van der Waals surface area contributed by atoms with Crippen molar-refractivity contribution in [1.82, 2.24) is 4.90 Å². The van der Waals surface area contributed by atoms with Crippen LogP contribution in [0.2, 0.25) is 0 Å². The van der Waals surface area contributed by atoms with E-state index in [9.17, 15) is 9.59 Å². The monoisotopic (exact) mass is 340 g/mol. The van der Waals surface area contributed by atoms with Gasteiger partial charge >= 0.3 is 0 Å². The highest BCUT2D eigenvalue weighted by molar-refractivity contribution is 6.40. The first-order valence-electron chi connectivity index (χ1n) is 8.54. The van der Waals surface area contributed by atoms with Crippen LogP contribution < -0.4 is 5.01 Å². The van der Waals surface area contributed by atoms with Gasteiger partial charge in [0.2, 0.25) is 5.91 Å². The fourth-order valence-electron chi connectivity index (χ4n) is 2.75. The van der Waals surface area contributed by atoms with Gasteiger partial charge in [0.1, 0.15) is 5.71 Å². The third-order valence-electron chi connectivity index (χ3n) is 4.26. The fraction of sp³-hybridized carbons (Fsp3) is 0.474. The van der Waals surface area contributed by atoms with Crippen LogP contribution in [-0.2, 0) is 9.59 Å². The van der Waals surface area contributed by atoms with E-state index in [0.29, 0.717) is 30.9 Å². The molecular formula is C19H24N4O2. The lowest BCUT2D eigenvalue weighted by atomic mass is 10.1. The van der Waals surface area contributed by atoms with Crippen molar-refractivity contribution in [1.29, 1.82) is 5.26 Å². The summed E-state index contributed by atoms with van der Waals surface area (Å²) in [5.74, 6) is -0.559. The van der Waals surface area contributed by atoms with Crippen molar-refractivity contribution in [2.45, 2.75) is 40.5 Å². The number of nitriles is 1. The van der Waals surface area contributed by atoms with Gasteiger partial charge in [-0.1, -0.05) is 12.1 Å². The second-order valence-corrected chi connectivity index (χ2v) is 6.42. The third kappa shape index (κ3) is 4.24. The van der Waals surface area contributed by atoms with E-state index >= 15 is 0 Å². The van der Waals surface area contributed by atoms with Crippen LogP contribution in [-0.4, -0.2) is 35.5 Å². The lowest BCUT2D eigenvalue weighted by Crippen LogP contribution is -2.43. The minimum atomic E-state index is -0.246. The number of hydrogen-bond donors (Lipinski definition) is 0. The first-order valence-corrected chi connectivity index (χ1v) is 8.54. The normalized spacial score (nSPS) is 15.4. The van der Waals surface area contributed by atoms with Crippen molar-refractivity contribution in [3.05, 3.63) is 29.3 Å². The summed E-state index contributed by atoms with van der Waals surface area (Å²) in [7, 11) is 0. The van der Waals surface area contributed by atoms with Crippen LogP contribution in [0.1, 0.15) is 37.8 Å². The van der Waals surface area contributed by atoms with E-state index in [0.717, 1.165) is 11.1 Å². The number of carbonyl (C=O) groups excluding carboxylic acids is 2. The summed E-state index contributed by atoms with van der Waals surface area (Å²) in [5, 5.41) is 14.7. The van der Waals surface area contributed by atoms with Crippen LogP contribution >= 0.6 is 0 Å². The number of amides is 2. The molecule has 2 rings (SSSR count). The van der Waals surface area contributed by atoms with E-state index in [1.165, 1.54) is 5.01 Å². The van der Waals surface area contributed by atoms with Gasteiger partial charge in [0.15, 0.2) is 0 Å². The van der Waals surface area contributed by atoms with Crippen molar-refractivity contribution in [2.24, 2.45) is 11.0 Å². The van der Waals surface area contributed by atoms with E-state index in [-0.39, 0.29) is 24.2 Å². The molecular weight excluding hydrogens is 316 g/mol. The second kappa shape index (κ2) is 7.93. The highest BCUT2D eigenvalue weighted by Gasteiger charge is 2.29. The molecule has 1 heterocycles. The van der Waals surface area contributed by atoms with E-state index in [2.05, 4.69) is 11.2 Å².